The van der Waals surface area contributed by atoms with E-state index < -0.39 is 28.5 Å². The monoisotopic (exact) mass is 523 g/mol. The molecule has 0 radical (unpaired) electrons. The van der Waals surface area contributed by atoms with Gasteiger partial charge in [0.05, 0.1) is 19.1 Å². The van der Waals surface area contributed by atoms with Gasteiger partial charge in [0.25, 0.3) is 0 Å². The summed E-state index contributed by atoms with van der Waals surface area (Å²) in [6.07, 6.45) is 1.77. The summed E-state index contributed by atoms with van der Waals surface area (Å²) in [5, 5.41) is 3.25. The Balaban J connectivity index is 2.44. The Kier molecular flexibility index (Phi) is 9.97. The Bertz CT molecular complexity index is 1160. The van der Waals surface area contributed by atoms with Gasteiger partial charge in [-0.25, -0.2) is 8.42 Å². The van der Waals surface area contributed by atoms with Crippen molar-refractivity contribution in [2.75, 3.05) is 24.2 Å². The minimum atomic E-state index is -3.83. The van der Waals surface area contributed by atoms with Crippen LogP contribution in [0, 0.1) is 6.92 Å². The summed E-state index contributed by atoms with van der Waals surface area (Å²) < 4.78 is 31.7. The van der Waals surface area contributed by atoms with E-state index in [0.29, 0.717) is 22.0 Å². The van der Waals surface area contributed by atoms with Crippen LogP contribution in [0.5, 0.6) is 5.75 Å². The summed E-state index contributed by atoms with van der Waals surface area (Å²) >= 11 is 6.12. The average molecular weight is 524 g/mol. The van der Waals surface area contributed by atoms with Crippen LogP contribution in [0.2, 0.25) is 5.02 Å². The topological polar surface area (TPSA) is 96.0 Å². The number of hydrogen-bond acceptors (Lipinski definition) is 5. The van der Waals surface area contributed by atoms with E-state index in [1.165, 1.54) is 11.0 Å². The van der Waals surface area contributed by atoms with Crippen LogP contribution in [0.1, 0.15) is 38.3 Å². The fraction of sp³-hybridized carbons (Fsp3) is 0.440. The van der Waals surface area contributed by atoms with Crippen LogP contribution in [-0.4, -0.2) is 57.1 Å². The van der Waals surface area contributed by atoms with Crippen LogP contribution in [-0.2, 0) is 26.2 Å². The van der Waals surface area contributed by atoms with Crippen LogP contribution < -0.4 is 14.4 Å². The molecule has 2 rings (SSSR count). The van der Waals surface area contributed by atoms with E-state index in [1.807, 2.05) is 19.9 Å². The van der Waals surface area contributed by atoms with Gasteiger partial charge >= 0.3 is 0 Å². The zero-order chi connectivity index (χ0) is 26.3. The summed E-state index contributed by atoms with van der Waals surface area (Å²) in [6.45, 7) is 6.82. The standard InChI is InChI=1S/C25H34ClN3O5S/c1-7-18(3)27-25(31)19(4)28(15-20-9-8-10-22(13-20)34-5)24(30)16-29(35(6,32)33)23-14-21(26)12-11-17(23)2/h8-14,18-19H,7,15-16H2,1-6H3,(H,27,31)/t18-,19+/m0/s1. The van der Waals surface area contributed by atoms with Crippen molar-refractivity contribution in [3.63, 3.8) is 0 Å². The van der Waals surface area contributed by atoms with Gasteiger partial charge in [-0.3, -0.25) is 13.9 Å². The molecule has 0 saturated heterocycles. The van der Waals surface area contributed by atoms with Crippen molar-refractivity contribution in [2.45, 2.75) is 52.7 Å². The first-order valence-electron chi connectivity index (χ1n) is 11.3. The third-order valence-corrected chi connectivity index (χ3v) is 7.14. The van der Waals surface area contributed by atoms with Crippen LogP contribution in [0.15, 0.2) is 42.5 Å². The third-order valence-electron chi connectivity index (χ3n) is 5.77. The Morgan fingerprint density at radius 2 is 1.83 bits per heavy atom. The molecule has 0 fully saturated rings. The van der Waals surface area contributed by atoms with Crippen molar-refractivity contribution < 1.29 is 22.7 Å². The number of aryl methyl sites for hydroxylation is 1. The van der Waals surface area contributed by atoms with Crippen LogP contribution in [0.25, 0.3) is 0 Å². The number of carbonyl (C=O) groups excluding carboxylic acids is 2. The molecule has 2 aromatic rings. The lowest BCUT2D eigenvalue weighted by atomic mass is 10.1. The number of hydrogen-bond donors (Lipinski definition) is 1. The highest BCUT2D eigenvalue weighted by Crippen LogP contribution is 2.27. The minimum Gasteiger partial charge on any atom is -0.497 e. The van der Waals surface area contributed by atoms with E-state index in [4.69, 9.17) is 16.3 Å². The molecule has 0 unspecified atom stereocenters. The second-order valence-electron chi connectivity index (χ2n) is 8.57. The van der Waals surface area contributed by atoms with Crippen molar-refractivity contribution in [2.24, 2.45) is 0 Å². The van der Waals surface area contributed by atoms with E-state index >= 15 is 0 Å². The molecule has 0 bridgehead atoms. The number of rotatable bonds is 11. The first-order valence-corrected chi connectivity index (χ1v) is 13.6. The summed E-state index contributed by atoms with van der Waals surface area (Å²) in [4.78, 5) is 27.9. The number of methoxy groups -OCH3 is 1. The number of anilines is 1. The maximum absolute atomic E-state index is 13.6. The van der Waals surface area contributed by atoms with Crippen molar-refractivity contribution in [1.82, 2.24) is 10.2 Å². The van der Waals surface area contributed by atoms with Crippen LogP contribution in [0.4, 0.5) is 5.69 Å². The number of benzene rings is 2. The van der Waals surface area contributed by atoms with E-state index in [-0.39, 0.29) is 18.5 Å². The van der Waals surface area contributed by atoms with Crippen molar-refractivity contribution in [3.8, 4) is 5.75 Å². The van der Waals surface area contributed by atoms with Gasteiger partial charge in [-0.2, -0.15) is 0 Å². The molecule has 0 heterocycles. The highest BCUT2D eigenvalue weighted by atomic mass is 35.5. The summed E-state index contributed by atoms with van der Waals surface area (Å²) in [5.41, 5.74) is 1.70. The molecule has 0 aliphatic carbocycles. The number of sulfonamides is 1. The van der Waals surface area contributed by atoms with E-state index in [2.05, 4.69) is 5.32 Å². The first kappa shape index (κ1) is 28.5. The molecule has 2 amide bonds. The van der Waals surface area contributed by atoms with Crippen molar-refractivity contribution in [1.29, 1.82) is 0 Å². The molecule has 10 heteroatoms. The zero-order valence-electron chi connectivity index (χ0n) is 21.0. The molecule has 0 aromatic heterocycles. The average Bonchev–Trinajstić information content (AvgIpc) is 2.81. The molecule has 2 atom stereocenters. The highest BCUT2D eigenvalue weighted by Gasteiger charge is 2.31. The molecule has 0 saturated carbocycles. The first-order chi connectivity index (χ1) is 16.4. The van der Waals surface area contributed by atoms with Gasteiger partial charge < -0.3 is 15.0 Å². The SMILES string of the molecule is CC[C@H](C)NC(=O)[C@@H](C)N(Cc1cccc(OC)c1)C(=O)CN(c1cc(Cl)ccc1C)S(C)(=O)=O. The number of nitrogens with zero attached hydrogens (tertiary/aromatic N) is 2. The summed E-state index contributed by atoms with van der Waals surface area (Å²) in [6, 6.07) is 11.1. The van der Waals surface area contributed by atoms with Crippen molar-refractivity contribution >= 4 is 39.1 Å². The molecule has 0 aliphatic heterocycles. The normalized spacial score (nSPS) is 13.0. The molecule has 8 nitrogen and oxygen atoms in total. The lowest BCUT2D eigenvalue weighted by molar-refractivity contribution is -0.139. The fourth-order valence-corrected chi connectivity index (χ4v) is 4.53. The molecule has 0 aliphatic rings. The van der Waals surface area contributed by atoms with Gasteiger partial charge in [-0.1, -0.05) is 36.7 Å². The molecular weight excluding hydrogens is 490 g/mol. The Morgan fingerprint density at radius 1 is 1.14 bits per heavy atom. The minimum absolute atomic E-state index is 0.0691. The second-order valence-corrected chi connectivity index (χ2v) is 10.9. The van der Waals surface area contributed by atoms with Gasteiger partial charge in [0.1, 0.15) is 18.3 Å². The molecule has 2 aromatic carbocycles. The summed E-state index contributed by atoms with van der Waals surface area (Å²) in [5.74, 6) is -0.233. The number of amides is 2. The predicted octanol–water partition coefficient (Wildman–Crippen LogP) is 3.76. The second kappa shape index (κ2) is 12.3. The smallest absolute Gasteiger partial charge is 0.244 e. The van der Waals surface area contributed by atoms with Gasteiger partial charge in [0.2, 0.25) is 21.8 Å². The Hall–Kier alpha value is -2.78. The number of carbonyl (C=O) groups is 2. The lowest BCUT2D eigenvalue weighted by Gasteiger charge is -2.32. The fourth-order valence-electron chi connectivity index (χ4n) is 3.46. The Labute approximate surface area is 213 Å². The summed E-state index contributed by atoms with van der Waals surface area (Å²) in [7, 11) is -2.29. The van der Waals surface area contributed by atoms with Gasteiger partial charge in [0, 0.05) is 17.6 Å². The van der Waals surface area contributed by atoms with Crippen molar-refractivity contribution in [3.05, 3.63) is 58.6 Å². The predicted molar refractivity (Wildman–Crippen MR) is 139 cm³/mol. The number of nitrogens with one attached hydrogen (secondary N) is 1. The van der Waals surface area contributed by atoms with Gasteiger partial charge in [-0.05, 0) is 62.6 Å². The lowest BCUT2D eigenvalue weighted by Crippen LogP contribution is -2.52. The number of halogens is 1. The van der Waals surface area contributed by atoms with Crippen LogP contribution in [0.3, 0.4) is 0 Å². The molecule has 0 spiro atoms. The van der Waals surface area contributed by atoms with E-state index in [1.54, 1.807) is 51.3 Å². The molecule has 192 valence electrons. The molecule has 1 N–H and O–H groups in total. The molecule has 35 heavy (non-hydrogen) atoms. The largest absolute Gasteiger partial charge is 0.497 e. The number of ether oxygens (including phenoxy) is 1. The third kappa shape index (κ3) is 7.86. The molecular formula is C25H34ClN3O5S. The van der Waals surface area contributed by atoms with E-state index in [0.717, 1.165) is 22.5 Å². The van der Waals surface area contributed by atoms with Crippen LogP contribution >= 0.6 is 11.6 Å². The van der Waals surface area contributed by atoms with Gasteiger partial charge in [0.15, 0.2) is 0 Å². The quantitative estimate of drug-likeness (QED) is 0.484. The van der Waals surface area contributed by atoms with E-state index in [9.17, 15) is 18.0 Å². The van der Waals surface area contributed by atoms with Gasteiger partial charge in [-0.15, -0.1) is 0 Å². The highest BCUT2D eigenvalue weighted by molar-refractivity contribution is 7.92. The Morgan fingerprint density at radius 3 is 2.43 bits per heavy atom. The zero-order valence-corrected chi connectivity index (χ0v) is 22.6. The maximum Gasteiger partial charge on any atom is 0.244 e. The maximum atomic E-state index is 13.6.